The molecule has 0 atom stereocenters. The molecule has 0 radical (unpaired) electrons. The minimum absolute atomic E-state index is 0.234. The van der Waals surface area contributed by atoms with Gasteiger partial charge in [-0.05, 0) is 18.2 Å². The van der Waals surface area contributed by atoms with Gasteiger partial charge in [-0.15, -0.1) is 0 Å². The zero-order valence-corrected chi connectivity index (χ0v) is 9.59. The number of carbonyl (C=O) groups excluding carboxylic acids is 2. The molecule has 0 bridgehead atoms. The van der Waals surface area contributed by atoms with Crippen LogP contribution >= 0.6 is 0 Å². The molecule has 0 unspecified atom stereocenters. The van der Waals surface area contributed by atoms with Crippen molar-refractivity contribution in [3.63, 3.8) is 0 Å². The first-order valence-corrected chi connectivity index (χ1v) is 5.68. The standard InChI is InChI=1S/C13H11N3O2/c17-8-16-6-3-11-10(13(16)18)7-12(15-11)9-1-4-14-5-2-9/h1-2,4-5,7-8,15H,3,6H2. The molecule has 3 rings (SSSR count). The number of nitrogens with zero attached hydrogens (tertiary/aromatic N) is 2. The lowest BCUT2D eigenvalue weighted by Gasteiger charge is -2.20. The number of amides is 2. The number of imide groups is 1. The quantitative estimate of drug-likeness (QED) is 0.804. The van der Waals surface area contributed by atoms with Crippen molar-refractivity contribution >= 4 is 12.3 Å². The highest BCUT2D eigenvalue weighted by Crippen LogP contribution is 2.25. The van der Waals surface area contributed by atoms with Crippen LogP contribution in [0.5, 0.6) is 0 Å². The van der Waals surface area contributed by atoms with Gasteiger partial charge in [-0.25, -0.2) is 0 Å². The van der Waals surface area contributed by atoms with E-state index >= 15 is 0 Å². The van der Waals surface area contributed by atoms with E-state index < -0.39 is 0 Å². The van der Waals surface area contributed by atoms with E-state index in [4.69, 9.17) is 0 Å². The second-order valence-corrected chi connectivity index (χ2v) is 4.17. The number of nitrogens with one attached hydrogen (secondary N) is 1. The first kappa shape index (κ1) is 10.7. The lowest BCUT2D eigenvalue weighted by Crippen LogP contribution is -2.35. The fraction of sp³-hybridized carbons (Fsp3) is 0.154. The molecule has 0 saturated carbocycles. The minimum Gasteiger partial charge on any atom is -0.358 e. The van der Waals surface area contributed by atoms with Crippen LogP contribution in [-0.4, -0.2) is 33.7 Å². The van der Waals surface area contributed by atoms with E-state index in [2.05, 4.69) is 9.97 Å². The van der Waals surface area contributed by atoms with Crippen molar-refractivity contribution in [3.8, 4) is 11.3 Å². The Kier molecular flexibility index (Phi) is 2.44. The molecule has 1 aliphatic rings. The normalized spacial score (nSPS) is 14.4. The summed E-state index contributed by atoms with van der Waals surface area (Å²) in [5.74, 6) is -0.234. The van der Waals surface area contributed by atoms with Crippen LogP contribution in [0.25, 0.3) is 11.3 Å². The predicted molar refractivity (Wildman–Crippen MR) is 64.8 cm³/mol. The number of hydrogen-bond acceptors (Lipinski definition) is 3. The number of hydrogen-bond donors (Lipinski definition) is 1. The van der Waals surface area contributed by atoms with E-state index in [0.29, 0.717) is 24.9 Å². The van der Waals surface area contributed by atoms with Gasteiger partial charge in [0, 0.05) is 42.3 Å². The molecule has 2 aromatic heterocycles. The number of H-pyrrole nitrogens is 1. The number of fused-ring (bicyclic) bond motifs is 1. The molecule has 2 amide bonds. The van der Waals surface area contributed by atoms with Gasteiger partial charge < -0.3 is 4.98 Å². The number of pyridine rings is 1. The Morgan fingerprint density at radius 3 is 2.83 bits per heavy atom. The molecule has 5 heteroatoms. The van der Waals surface area contributed by atoms with Crippen molar-refractivity contribution in [3.05, 3.63) is 41.9 Å². The summed E-state index contributed by atoms with van der Waals surface area (Å²) in [5.41, 5.74) is 3.33. The van der Waals surface area contributed by atoms with E-state index in [0.717, 1.165) is 17.0 Å². The molecule has 90 valence electrons. The average Bonchev–Trinajstić information content (AvgIpc) is 2.85. The van der Waals surface area contributed by atoms with Crippen LogP contribution in [0.1, 0.15) is 16.1 Å². The number of rotatable bonds is 2. The molecule has 3 heterocycles. The van der Waals surface area contributed by atoms with Gasteiger partial charge in [0.15, 0.2) is 0 Å². The first-order valence-electron chi connectivity index (χ1n) is 5.68. The maximum atomic E-state index is 12.0. The van der Waals surface area contributed by atoms with Crippen LogP contribution in [0, 0.1) is 0 Å². The fourth-order valence-electron chi connectivity index (χ4n) is 2.16. The van der Waals surface area contributed by atoms with Gasteiger partial charge in [-0.2, -0.15) is 0 Å². The summed E-state index contributed by atoms with van der Waals surface area (Å²) in [6, 6.07) is 5.54. The van der Waals surface area contributed by atoms with Gasteiger partial charge >= 0.3 is 0 Å². The van der Waals surface area contributed by atoms with E-state index in [1.165, 1.54) is 4.90 Å². The zero-order valence-electron chi connectivity index (χ0n) is 9.59. The lowest BCUT2D eigenvalue weighted by atomic mass is 10.1. The van der Waals surface area contributed by atoms with Crippen LogP contribution < -0.4 is 0 Å². The topological polar surface area (TPSA) is 66.1 Å². The van der Waals surface area contributed by atoms with Gasteiger partial charge in [-0.3, -0.25) is 19.5 Å². The maximum absolute atomic E-state index is 12.0. The van der Waals surface area contributed by atoms with Gasteiger partial charge in [0.25, 0.3) is 5.91 Å². The first-order chi connectivity index (χ1) is 8.79. The molecule has 2 aromatic rings. The van der Waals surface area contributed by atoms with Crippen molar-refractivity contribution in [2.75, 3.05) is 6.54 Å². The zero-order chi connectivity index (χ0) is 12.5. The lowest BCUT2D eigenvalue weighted by molar-refractivity contribution is -0.116. The van der Waals surface area contributed by atoms with Crippen LogP contribution in [0.2, 0.25) is 0 Å². The van der Waals surface area contributed by atoms with Gasteiger partial charge in [0.05, 0.1) is 5.56 Å². The Hall–Kier alpha value is -2.43. The molecule has 1 aliphatic heterocycles. The number of aromatic amines is 1. The monoisotopic (exact) mass is 241 g/mol. The van der Waals surface area contributed by atoms with Gasteiger partial charge in [0.2, 0.25) is 6.41 Å². The van der Waals surface area contributed by atoms with Crippen molar-refractivity contribution < 1.29 is 9.59 Å². The van der Waals surface area contributed by atoms with Crippen molar-refractivity contribution in [1.29, 1.82) is 0 Å². The third kappa shape index (κ3) is 1.60. The van der Waals surface area contributed by atoms with Crippen LogP contribution in [-0.2, 0) is 11.2 Å². The smallest absolute Gasteiger partial charge is 0.262 e. The molecule has 5 nitrogen and oxygen atoms in total. The Balaban J connectivity index is 2.03. The van der Waals surface area contributed by atoms with Crippen molar-refractivity contribution in [2.24, 2.45) is 0 Å². The molecular formula is C13H11N3O2. The average molecular weight is 241 g/mol. The molecule has 0 spiro atoms. The summed E-state index contributed by atoms with van der Waals surface area (Å²) in [7, 11) is 0. The molecule has 18 heavy (non-hydrogen) atoms. The fourth-order valence-corrected chi connectivity index (χ4v) is 2.16. The van der Waals surface area contributed by atoms with Crippen LogP contribution in [0.4, 0.5) is 0 Å². The van der Waals surface area contributed by atoms with E-state index in [1.807, 2.05) is 12.1 Å². The van der Waals surface area contributed by atoms with Crippen LogP contribution in [0.3, 0.4) is 0 Å². The second kappa shape index (κ2) is 4.10. The summed E-state index contributed by atoms with van der Waals surface area (Å²) in [4.78, 5) is 31.1. The number of aromatic nitrogens is 2. The largest absolute Gasteiger partial charge is 0.358 e. The Labute approximate surface area is 103 Å². The third-order valence-electron chi connectivity index (χ3n) is 3.11. The molecule has 1 N–H and O–H groups in total. The van der Waals surface area contributed by atoms with E-state index in [1.54, 1.807) is 18.5 Å². The van der Waals surface area contributed by atoms with Crippen molar-refractivity contribution in [1.82, 2.24) is 14.9 Å². The Morgan fingerprint density at radius 2 is 2.11 bits per heavy atom. The van der Waals surface area contributed by atoms with Gasteiger partial charge in [-0.1, -0.05) is 0 Å². The van der Waals surface area contributed by atoms with Crippen LogP contribution in [0.15, 0.2) is 30.6 Å². The van der Waals surface area contributed by atoms with Crippen molar-refractivity contribution in [2.45, 2.75) is 6.42 Å². The molecule has 0 fully saturated rings. The minimum atomic E-state index is -0.234. The summed E-state index contributed by atoms with van der Waals surface area (Å²) in [6.45, 7) is 0.436. The third-order valence-corrected chi connectivity index (χ3v) is 3.11. The second-order valence-electron chi connectivity index (χ2n) is 4.17. The molecule has 0 aromatic carbocycles. The van der Waals surface area contributed by atoms with E-state index in [9.17, 15) is 9.59 Å². The predicted octanol–water partition coefficient (Wildman–Crippen LogP) is 1.23. The highest BCUT2D eigenvalue weighted by atomic mass is 16.2. The summed E-state index contributed by atoms with van der Waals surface area (Å²) < 4.78 is 0. The Bertz CT molecular complexity index is 604. The number of carbonyl (C=O) groups is 2. The summed E-state index contributed by atoms with van der Waals surface area (Å²) in [6.07, 6.45) is 4.67. The molecule has 0 saturated heterocycles. The molecular weight excluding hydrogens is 230 g/mol. The summed E-state index contributed by atoms with van der Waals surface area (Å²) in [5, 5.41) is 0. The molecule has 0 aliphatic carbocycles. The summed E-state index contributed by atoms with van der Waals surface area (Å²) >= 11 is 0. The Morgan fingerprint density at radius 1 is 1.33 bits per heavy atom. The highest BCUT2D eigenvalue weighted by Gasteiger charge is 2.26. The van der Waals surface area contributed by atoms with Gasteiger partial charge in [0.1, 0.15) is 0 Å². The van der Waals surface area contributed by atoms with E-state index in [-0.39, 0.29) is 5.91 Å². The SMILES string of the molecule is O=CN1CCc2[nH]c(-c3ccncc3)cc2C1=O. The highest BCUT2D eigenvalue weighted by molar-refractivity contribution is 6.02. The maximum Gasteiger partial charge on any atom is 0.262 e.